The lowest BCUT2D eigenvalue weighted by atomic mass is 10.1. The number of hydrogen-bond donors (Lipinski definition) is 4. The fraction of sp³-hybridized carbons (Fsp3) is 0.620. The van der Waals surface area contributed by atoms with Crippen LogP contribution in [0.25, 0.3) is 0 Å². The molecular formula is C71H116O16P2. The summed E-state index contributed by atoms with van der Waals surface area (Å²) in [4.78, 5) is 58.3. The Bertz CT molecular complexity index is 2210. The molecule has 0 amide bonds. The monoisotopic (exact) mass is 1290 g/mol. The number of rotatable bonds is 61. The highest BCUT2D eigenvalue weighted by Gasteiger charge is 2.29. The van der Waals surface area contributed by atoms with E-state index >= 15 is 0 Å². The number of unbranched alkanes of at least 4 members (excludes halogenated alkanes) is 14. The standard InChI is InChI=1S/C71H116O16P2/c1-4-7-10-13-16-19-22-25-28-31-32-35-37-39-42-45-48-51-54-57-69(74)81-60-66(72)61-83-88(77,78)84-62-67(73)63-85-89(79,80)86-65-68(87-71(76)59-56-53-50-47-44-41-38-34-30-27-24-21-18-15-12-9-6-3)64-82-70(75)58-55-52-49-46-43-40-36-33-29-26-23-20-17-14-11-8-5-2/h7-12,16-21,25-30,32,35-36,40,46,49,66-68,72-73H,4-6,13-15,22-24,31,33-34,37-39,41-45,47-48,50-65H2,1-3H3,(H,77,78)(H,79,80)/b10-7-,11-8-,12-9-,19-16-,20-17-,21-18-,28-25-,29-26-,30-27-,35-32-,40-36-,49-46-. The van der Waals surface area contributed by atoms with Crippen LogP contribution in [0.4, 0.5) is 0 Å². The van der Waals surface area contributed by atoms with Crippen LogP contribution in [0.15, 0.2) is 146 Å². The van der Waals surface area contributed by atoms with E-state index in [1.807, 2.05) is 12.2 Å². The molecule has 89 heavy (non-hydrogen) atoms. The van der Waals surface area contributed by atoms with Gasteiger partial charge in [0.15, 0.2) is 6.10 Å². The van der Waals surface area contributed by atoms with Gasteiger partial charge >= 0.3 is 33.6 Å². The largest absolute Gasteiger partial charge is 0.472 e. The molecule has 0 aromatic carbocycles. The van der Waals surface area contributed by atoms with Crippen LogP contribution in [0.3, 0.4) is 0 Å². The zero-order valence-electron chi connectivity index (χ0n) is 54.5. The van der Waals surface area contributed by atoms with E-state index < -0.39 is 91.5 Å². The second kappa shape index (κ2) is 63.6. The van der Waals surface area contributed by atoms with E-state index in [1.165, 1.54) is 0 Å². The Balaban J connectivity index is 4.78. The number of hydrogen-bond acceptors (Lipinski definition) is 14. The van der Waals surface area contributed by atoms with E-state index in [0.29, 0.717) is 25.7 Å². The molecule has 506 valence electrons. The first-order valence-corrected chi connectivity index (χ1v) is 36.1. The smallest absolute Gasteiger partial charge is 0.463 e. The molecular weight excluding hydrogens is 1170 g/mol. The number of esters is 3. The van der Waals surface area contributed by atoms with Crippen molar-refractivity contribution in [2.24, 2.45) is 0 Å². The van der Waals surface area contributed by atoms with E-state index in [4.69, 9.17) is 32.3 Å². The number of allylic oxidation sites excluding steroid dienone is 24. The van der Waals surface area contributed by atoms with Crippen molar-refractivity contribution in [3.8, 4) is 0 Å². The van der Waals surface area contributed by atoms with Crippen LogP contribution in [0, 0.1) is 0 Å². The highest BCUT2D eigenvalue weighted by molar-refractivity contribution is 7.47. The minimum atomic E-state index is -4.95. The Morgan fingerprint density at radius 2 is 0.573 bits per heavy atom. The molecule has 4 N–H and O–H groups in total. The Hall–Kier alpha value is -4.57. The van der Waals surface area contributed by atoms with E-state index in [2.05, 4.69) is 154 Å². The second-order valence-electron chi connectivity index (χ2n) is 21.5. The zero-order chi connectivity index (χ0) is 65.3. The van der Waals surface area contributed by atoms with E-state index in [0.717, 1.165) is 161 Å². The fourth-order valence-corrected chi connectivity index (χ4v) is 9.67. The fourth-order valence-electron chi connectivity index (χ4n) is 8.08. The molecule has 0 saturated heterocycles. The highest BCUT2D eigenvalue weighted by Crippen LogP contribution is 2.45. The van der Waals surface area contributed by atoms with Crippen molar-refractivity contribution in [1.82, 2.24) is 0 Å². The summed E-state index contributed by atoms with van der Waals surface area (Å²) in [6, 6.07) is 0. The molecule has 0 radical (unpaired) electrons. The third-order valence-electron chi connectivity index (χ3n) is 13.0. The summed E-state index contributed by atoms with van der Waals surface area (Å²) >= 11 is 0. The van der Waals surface area contributed by atoms with Gasteiger partial charge in [-0.05, 0) is 128 Å². The normalized spacial score (nSPS) is 15.2. The van der Waals surface area contributed by atoms with Gasteiger partial charge < -0.3 is 34.2 Å². The Morgan fingerprint density at radius 1 is 0.315 bits per heavy atom. The van der Waals surface area contributed by atoms with Crippen LogP contribution in [0.5, 0.6) is 0 Å². The van der Waals surface area contributed by atoms with Gasteiger partial charge in [0.2, 0.25) is 0 Å². The van der Waals surface area contributed by atoms with Gasteiger partial charge in [-0.15, -0.1) is 0 Å². The summed E-state index contributed by atoms with van der Waals surface area (Å²) in [5, 5.41) is 20.5. The molecule has 18 heteroatoms. The predicted octanol–water partition coefficient (Wildman–Crippen LogP) is 18.2. The topological polar surface area (TPSA) is 231 Å². The van der Waals surface area contributed by atoms with Crippen molar-refractivity contribution >= 4 is 33.6 Å². The number of aliphatic hydroxyl groups excluding tert-OH is 2. The SMILES string of the molecule is CC/C=C\C/C=C\C/C=C\C/C=C\C/C=C\CCCC(=O)OCC(COP(=O)(O)OCC(O)COP(=O)(O)OCC(O)COC(=O)CCCCCCCC/C=C\C/C=C\C/C=C\C/C=C\CC)OC(=O)CCCCCCCCC/C=C\C/C=C\C/C=C\CC. The first-order valence-electron chi connectivity index (χ1n) is 33.1. The summed E-state index contributed by atoms with van der Waals surface area (Å²) in [5.74, 6) is -1.68. The number of carbonyl (C=O) groups is 3. The maximum atomic E-state index is 12.9. The Kier molecular flexibility index (Phi) is 60.3. The summed E-state index contributed by atoms with van der Waals surface area (Å²) in [7, 11) is -9.81. The lowest BCUT2D eigenvalue weighted by molar-refractivity contribution is -0.161. The summed E-state index contributed by atoms with van der Waals surface area (Å²) in [6.45, 7) is 2.20. The van der Waals surface area contributed by atoms with Crippen molar-refractivity contribution in [2.45, 2.75) is 245 Å². The van der Waals surface area contributed by atoms with Crippen LogP contribution in [-0.4, -0.2) is 95.9 Å². The lowest BCUT2D eigenvalue weighted by Gasteiger charge is -2.21. The molecule has 0 fully saturated rings. The molecule has 0 saturated carbocycles. The number of phosphoric acid groups is 2. The van der Waals surface area contributed by atoms with Crippen LogP contribution in [-0.2, 0) is 55.8 Å². The summed E-state index contributed by atoms with van der Waals surface area (Å²) in [5.41, 5.74) is 0. The quantitative estimate of drug-likeness (QED) is 0.0146. The number of carbonyl (C=O) groups excluding carboxylic acids is 3. The average molecular weight is 1290 g/mol. The van der Waals surface area contributed by atoms with Crippen molar-refractivity contribution in [1.29, 1.82) is 0 Å². The van der Waals surface area contributed by atoms with Crippen LogP contribution in [0.2, 0.25) is 0 Å². The molecule has 0 rings (SSSR count). The molecule has 0 aliphatic heterocycles. The number of aliphatic hydroxyl groups is 2. The highest BCUT2D eigenvalue weighted by atomic mass is 31.2. The molecule has 5 unspecified atom stereocenters. The minimum Gasteiger partial charge on any atom is -0.463 e. The molecule has 0 aromatic heterocycles. The third-order valence-corrected chi connectivity index (χ3v) is 14.9. The van der Waals surface area contributed by atoms with Crippen LogP contribution >= 0.6 is 15.6 Å². The van der Waals surface area contributed by atoms with Crippen molar-refractivity contribution in [3.05, 3.63) is 146 Å². The lowest BCUT2D eigenvalue weighted by Crippen LogP contribution is -2.30. The van der Waals surface area contributed by atoms with Gasteiger partial charge in [-0.1, -0.05) is 224 Å². The maximum absolute atomic E-state index is 12.9. The molecule has 0 aliphatic carbocycles. The second-order valence-corrected chi connectivity index (χ2v) is 24.4. The molecule has 0 bridgehead atoms. The van der Waals surface area contributed by atoms with E-state index in [1.54, 1.807) is 0 Å². The van der Waals surface area contributed by atoms with Crippen molar-refractivity contribution in [2.75, 3.05) is 39.6 Å². The van der Waals surface area contributed by atoms with Gasteiger partial charge in [0.1, 0.15) is 25.4 Å². The average Bonchev–Trinajstić information content (AvgIpc) is 3.67. The van der Waals surface area contributed by atoms with Gasteiger partial charge in [-0.25, -0.2) is 9.13 Å². The Labute approximate surface area is 537 Å². The molecule has 0 aromatic rings. The molecule has 0 heterocycles. The molecule has 16 nitrogen and oxygen atoms in total. The predicted molar refractivity (Wildman–Crippen MR) is 362 cm³/mol. The van der Waals surface area contributed by atoms with E-state index in [9.17, 15) is 43.5 Å². The van der Waals surface area contributed by atoms with Crippen LogP contribution < -0.4 is 0 Å². The summed E-state index contributed by atoms with van der Waals surface area (Å²) < 4.78 is 60.8. The number of ether oxygens (including phenoxy) is 3. The van der Waals surface area contributed by atoms with Gasteiger partial charge in [-0.3, -0.25) is 32.5 Å². The minimum absolute atomic E-state index is 0.0754. The molecule has 0 spiro atoms. The molecule has 0 aliphatic rings. The summed E-state index contributed by atoms with van der Waals surface area (Å²) in [6.07, 6.45) is 74.8. The van der Waals surface area contributed by atoms with Gasteiger partial charge in [-0.2, -0.15) is 0 Å². The van der Waals surface area contributed by atoms with E-state index in [-0.39, 0.29) is 19.3 Å². The van der Waals surface area contributed by atoms with Crippen molar-refractivity contribution < 1.29 is 75.8 Å². The zero-order valence-corrected chi connectivity index (χ0v) is 56.3. The van der Waals surface area contributed by atoms with Crippen LogP contribution in [0.1, 0.15) is 226 Å². The number of phosphoric ester groups is 2. The van der Waals surface area contributed by atoms with Crippen molar-refractivity contribution in [3.63, 3.8) is 0 Å². The third kappa shape index (κ3) is 64.8. The van der Waals surface area contributed by atoms with Gasteiger partial charge in [0, 0.05) is 19.3 Å². The first kappa shape index (κ1) is 84.4. The van der Waals surface area contributed by atoms with Gasteiger partial charge in [0.25, 0.3) is 0 Å². The molecule has 5 atom stereocenters. The maximum Gasteiger partial charge on any atom is 0.472 e. The Morgan fingerprint density at radius 3 is 0.933 bits per heavy atom. The first-order chi connectivity index (χ1) is 43.2. The van der Waals surface area contributed by atoms with Gasteiger partial charge in [0.05, 0.1) is 26.4 Å².